The summed E-state index contributed by atoms with van der Waals surface area (Å²) in [6.07, 6.45) is 0. The van der Waals surface area contributed by atoms with E-state index in [1.807, 2.05) is 30.3 Å². The van der Waals surface area contributed by atoms with Crippen molar-refractivity contribution >= 4 is 35.0 Å². The molecule has 0 aliphatic carbocycles. The number of nitro groups is 1. The van der Waals surface area contributed by atoms with Gasteiger partial charge in [0.05, 0.1) is 10.5 Å². The molecule has 2 rings (SSSR count). The average molecular weight is 389 g/mol. The smallest absolute Gasteiger partial charge is 0.338 e. The van der Waals surface area contributed by atoms with Gasteiger partial charge in [0.2, 0.25) is 0 Å². The summed E-state index contributed by atoms with van der Waals surface area (Å²) >= 11 is 1.60. The minimum atomic E-state index is -0.797. The molecule has 0 fully saturated rings. The molecule has 0 aliphatic rings. The highest BCUT2D eigenvalue weighted by molar-refractivity contribution is 7.99. The lowest BCUT2D eigenvalue weighted by Crippen LogP contribution is -2.30. The fraction of sp³-hybridized carbons (Fsp3) is 0.222. The standard InChI is InChI=1S/C18H19N3O5S/c1-19-15-8-7-13(11-16(15)21(24)25)18(23)26-12-17(22)20-9-10-27-14-5-3-2-4-6-14/h2-8,11,19H,9-10,12H2,1H3,(H,20,22). The second kappa shape index (κ2) is 10.2. The van der Waals surface area contributed by atoms with Crippen molar-refractivity contribution in [1.82, 2.24) is 5.32 Å². The van der Waals surface area contributed by atoms with Gasteiger partial charge in [0.15, 0.2) is 6.61 Å². The highest BCUT2D eigenvalue weighted by atomic mass is 32.2. The third-order valence-electron chi connectivity index (χ3n) is 3.47. The van der Waals surface area contributed by atoms with E-state index in [1.165, 1.54) is 12.1 Å². The van der Waals surface area contributed by atoms with Crippen LogP contribution in [0.3, 0.4) is 0 Å². The van der Waals surface area contributed by atoms with Gasteiger partial charge in [-0.1, -0.05) is 18.2 Å². The molecule has 0 saturated carbocycles. The number of ether oxygens (including phenoxy) is 1. The first-order valence-corrected chi connectivity index (χ1v) is 9.07. The van der Waals surface area contributed by atoms with Crippen LogP contribution in [0.15, 0.2) is 53.4 Å². The van der Waals surface area contributed by atoms with E-state index in [9.17, 15) is 19.7 Å². The van der Waals surface area contributed by atoms with Gasteiger partial charge in [-0.25, -0.2) is 4.79 Å². The van der Waals surface area contributed by atoms with E-state index in [2.05, 4.69) is 10.6 Å². The van der Waals surface area contributed by atoms with Crippen LogP contribution < -0.4 is 10.6 Å². The number of hydrogen-bond acceptors (Lipinski definition) is 7. The lowest BCUT2D eigenvalue weighted by atomic mass is 10.1. The van der Waals surface area contributed by atoms with Gasteiger partial charge in [0.1, 0.15) is 5.69 Å². The van der Waals surface area contributed by atoms with E-state index >= 15 is 0 Å². The van der Waals surface area contributed by atoms with Gasteiger partial charge < -0.3 is 15.4 Å². The number of nitrogens with zero attached hydrogens (tertiary/aromatic N) is 1. The zero-order valence-corrected chi connectivity index (χ0v) is 15.5. The monoisotopic (exact) mass is 389 g/mol. The normalized spacial score (nSPS) is 10.1. The van der Waals surface area contributed by atoms with Crippen molar-refractivity contribution in [3.63, 3.8) is 0 Å². The summed E-state index contributed by atoms with van der Waals surface area (Å²) in [5, 5.41) is 16.3. The summed E-state index contributed by atoms with van der Waals surface area (Å²) < 4.78 is 4.91. The number of benzene rings is 2. The van der Waals surface area contributed by atoms with E-state index in [0.717, 1.165) is 11.0 Å². The van der Waals surface area contributed by atoms with Crippen molar-refractivity contribution in [2.24, 2.45) is 0 Å². The first-order chi connectivity index (χ1) is 13.0. The summed E-state index contributed by atoms with van der Waals surface area (Å²) in [4.78, 5) is 35.3. The Balaban J connectivity index is 1.77. The Kier molecular flexibility index (Phi) is 7.63. The number of nitrogens with one attached hydrogen (secondary N) is 2. The quantitative estimate of drug-likeness (QED) is 0.223. The van der Waals surface area contributed by atoms with Crippen LogP contribution >= 0.6 is 11.8 Å². The van der Waals surface area contributed by atoms with Crippen molar-refractivity contribution in [2.75, 3.05) is 31.3 Å². The van der Waals surface area contributed by atoms with Gasteiger partial charge in [-0.3, -0.25) is 14.9 Å². The van der Waals surface area contributed by atoms with Gasteiger partial charge in [-0.05, 0) is 24.3 Å². The lowest BCUT2D eigenvalue weighted by molar-refractivity contribution is -0.384. The van der Waals surface area contributed by atoms with E-state index in [-0.39, 0.29) is 16.9 Å². The predicted octanol–water partition coefficient (Wildman–Crippen LogP) is 2.70. The number of amides is 1. The molecular weight excluding hydrogens is 370 g/mol. The van der Waals surface area contributed by atoms with E-state index < -0.39 is 23.4 Å². The number of nitro benzene ring substituents is 1. The minimum absolute atomic E-state index is 0.00753. The molecule has 0 heterocycles. The maximum absolute atomic E-state index is 12.0. The number of anilines is 1. The van der Waals surface area contributed by atoms with Crippen LogP contribution in [0.25, 0.3) is 0 Å². The number of rotatable bonds is 9. The molecule has 142 valence electrons. The Hall–Kier alpha value is -3.07. The molecule has 0 atom stereocenters. The van der Waals surface area contributed by atoms with Crippen LogP contribution in [-0.4, -0.2) is 42.8 Å². The molecule has 0 radical (unpaired) electrons. The number of carbonyl (C=O) groups excluding carboxylic acids is 2. The second-order valence-electron chi connectivity index (χ2n) is 5.33. The van der Waals surface area contributed by atoms with Gasteiger partial charge in [0.25, 0.3) is 11.6 Å². The van der Waals surface area contributed by atoms with Gasteiger partial charge in [0, 0.05) is 30.3 Å². The Morgan fingerprint density at radius 3 is 2.59 bits per heavy atom. The van der Waals surface area contributed by atoms with Crippen molar-refractivity contribution in [2.45, 2.75) is 4.90 Å². The summed E-state index contributed by atoms with van der Waals surface area (Å²) in [6, 6.07) is 13.7. The zero-order valence-electron chi connectivity index (χ0n) is 14.6. The molecule has 2 aromatic carbocycles. The highest BCUT2D eigenvalue weighted by Crippen LogP contribution is 2.25. The van der Waals surface area contributed by atoms with E-state index in [0.29, 0.717) is 12.3 Å². The summed E-state index contributed by atoms with van der Waals surface area (Å²) in [6.45, 7) is -0.0192. The lowest BCUT2D eigenvalue weighted by Gasteiger charge is -2.08. The van der Waals surface area contributed by atoms with Crippen LogP contribution in [0.4, 0.5) is 11.4 Å². The second-order valence-corrected chi connectivity index (χ2v) is 6.49. The molecule has 0 bridgehead atoms. The molecule has 1 amide bonds. The molecule has 0 aromatic heterocycles. The Labute approximate surface area is 160 Å². The fourth-order valence-corrected chi connectivity index (χ4v) is 2.95. The SMILES string of the molecule is CNc1ccc(C(=O)OCC(=O)NCCSc2ccccc2)cc1[N+](=O)[O-]. The number of hydrogen-bond donors (Lipinski definition) is 2. The van der Waals surface area contributed by atoms with Crippen LogP contribution in [0, 0.1) is 10.1 Å². The zero-order chi connectivity index (χ0) is 19.6. The predicted molar refractivity (Wildman–Crippen MR) is 103 cm³/mol. The Morgan fingerprint density at radius 1 is 1.19 bits per heavy atom. The third kappa shape index (κ3) is 6.30. The number of esters is 1. The summed E-state index contributed by atoms with van der Waals surface area (Å²) in [7, 11) is 1.54. The van der Waals surface area contributed by atoms with Crippen molar-refractivity contribution < 1.29 is 19.2 Å². The molecule has 8 nitrogen and oxygen atoms in total. The van der Waals surface area contributed by atoms with Crippen LogP contribution in [0.1, 0.15) is 10.4 Å². The number of thioether (sulfide) groups is 1. The van der Waals surface area contributed by atoms with Crippen molar-refractivity contribution in [3.8, 4) is 0 Å². The van der Waals surface area contributed by atoms with Crippen molar-refractivity contribution in [3.05, 3.63) is 64.2 Å². The maximum atomic E-state index is 12.0. The Morgan fingerprint density at radius 2 is 1.93 bits per heavy atom. The summed E-state index contributed by atoms with van der Waals surface area (Å²) in [5.41, 5.74) is 0.0488. The van der Waals surface area contributed by atoms with Gasteiger partial charge in [-0.15, -0.1) is 11.8 Å². The molecular formula is C18H19N3O5S. The van der Waals surface area contributed by atoms with E-state index in [4.69, 9.17) is 4.74 Å². The number of carbonyl (C=O) groups is 2. The van der Waals surface area contributed by atoms with Gasteiger partial charge >= 0.3 is 5.97 Å². The molecule has 27 heavy (non-hydrogen) atoms. The van der Waals surface area contributed by atoms with E-state index in [1.54, 1.807) is 18.8 Å². The van der Waals surface area contributed by atoms with Crippen LogP contribution in [-0.2, 0) is 9.53 Å². The maximum Gasteiger partial charge on any atom is 0.338 e. The fourth-order valence-electron chi connectivity index (χ4n) is 2.16. The van der Waals surface area contributed by atoms with Crippen molar-refractivity contribution in [1.29, 1.82) is 0 Å². The summed E-state index contributed by atoms with van der Waals surface area (Å²) in [5.74, 6) is -0.547. The molecule has 2 aromatic rings. The molecule has 0 saturated heterocycles. The molecule has 9 heteroatoms. The largest absolute Gasteiger partial charge is 0.452 e. The molecule has 0 spiro atoms. The molecule has 2 N–H and O–H groups in total. The first-order valence-electron chi connectivity index (χ1n) is 8.09. The minimum Gasteiger partial charge on any atom is -0.452 e. The molecule has 0 unspecified atom stereocenters. The van der Waals surface area contributed by atoms with Crippen LogP contribution in [0.5, 0.6) is 0 Å². The highest BCUT2D eigenvalue weighted by Gasteiger charge is 2.18. The third-order valence-corrected chi connectivity index (χ3v) is 4.48. The molecule has 0 aliphatic heterocycles. The van der Waals surface area contributed by atoms with Crippen LogP contribution in [0.2, 0.25) is 0 Å². The first kappa shape index (κ1) is 20.2. The van der Waals surface area contributed by atoms with Gasteiger partial charge in [-0.2, -0.15) is 0 Å². The Bertz CT molecular complexity index is 814. The topological polar surface area (TPSA) is 111 Å². The average Bonchev–Trinajstić information content (AvgIpc) is 2.69.